The van der Waals surface area contributed by atoms with Crippen LogP contribution < -0.4 is 0 Å². The van der Waals surface area contributed by atoms with E-state index in [9.17, 15) is 14.7 Å². The molecule has 0 aromatic heterocycles. The van der Waals surface area contributed by atoms with Crippen LogP contribution in [0.1, 0.15) is 90.4 Å². The lowest BCUT2D eigenvalue weighted by molar-refractivity contribution is -0.875. The molecule has 0 rings (SSSR count). The maximum Gasteiger partial charge on any atom is 0.306 e. The molecule has 0 aliphatic rings. The van der Waals surface area contributed by atoms with Crippen LogP contribution in [0.5, 0.6) is 0 Å². The zero-order valence-electron chi connectivity index (χ0n) is 19.5. The van der Waals surface area contributed by atoms with Crippen LogP contribution in [0.4, 0.5) is 0 Å². The van der Waals surface area contributed by atoms with Crippen LogP contribution in [-0.4, -0.2) is 69.4 Å². The summed E-state index contributed by atoms with van der Waals surface area (Å²) in [7, 11) is 5.54. The number of nitrogens with zero attached hydrogens (tertiary/aromatic N) is 1. The number of ketones is 1. The first kappa shape index (κ1) is 30.0. The van der Waals surface area contributed by atoms with Crippen molar-refractivity contribution in [2.75, 3.05) is 27.7 Å². The van der Waals surface area contributed by atoms with Crippen molar-refractivity contribution in [2.45, 2.75) is 106 Å². The molecule has 0 aromatic rings. The van der Waals surface area contributed by atoms with Crippen LogP contribution >= 0.6 is 31.9 Å². The summed E-state index contributed by atoms with van der Waals surface area (Å²) in [5.74, 6) is -1.48. The van der Waals surface area contributed by atoms with Gasteiger partial charge in [-0.05, 0) is 19.3 Å². The van der Waals surface area contributed by atoms with Gasteiger partial charge in [-0.2, -0.15) is 0 Å². The Morgan fingerprint density at radius 1 is 0.867 bits per heavy atom. The number of carboxylic acid groups (broad SMARTS) is 1. The van der Waals surface area contributed by atoms with Crippen LogP contribution in [-0.2, 0) is 9.59 Å². The molecule has 3 atom stereocenters. The van der Waals surface area contributed by atoms with Gasteiger partial charge in [0.05, 0.1) is 27.6 Å². The van der Waals surface area contributed by atoms with Crippen LogP contribution in [0, 0.1) is 0 Å². The number of aliphatic carboxylic acids is 1. The zero-order chi connectivity index (χ0) is 23.2. The third kappa shape index (κ3) is 14.9. The number of carbonyl (C=O) groups is 2. The Balaban J connectivity index is 4.07. The van der Waals surface area contributed by atoms with Crippen molar-refractivity contribution in [1.82, 2.24) is 0 Å². The van der Waals surface area contributed by atoms with Gasteiger partial charge in [0, 0.05) is 16.1 Å². The summed E-state index contributed by atoms with van der Waals surface area (Å²) in [6, 6.07) is 0. The fraction of sp³-hybridized carbons (Fsp3) is 0.913. The molecule has 3 unspecified atom stereocenters. The predicted octanol–water partition coefficient (Wildman–Crippen LogP) is 5.70. The predicted molar refractivity (Wildman–Crippen MR) is 132 cm³/mol. The number of hydrogen-bond donors (Lipinski definition) is 2. The van der Waals surface area contributed by atoms with Crippen molar-refractivity contribution in [3.05, 3.63) is 0 Å². The lowest BCUT2D eigenvalue weighted by Crippen LogP contribution is -2.54. The Morgan fingerprint density at radius 2 is 1.33 bits per heavy atom. The van der Waals surface area contributed by atoms with Gasteiger partial charge in [0.25, 0.3) is 0 Å². The number of unbranched alkanes of at least 4 members (excludes halogenated alkanes) is 7. The molecule has 0 radical (unpaired) electrons. The second-order valence-electron chi connectivity index (χ2n) is 9.66. The Hall–Kier alpha value is 0.0200. The summed E-state index contributed by atoms with van der Waals surface area (Å²) in [4.78, 5) is 24.7. The van der Waals surface area contributed by atoms with Gasteiger partial charge >= 0.3 is 5.97 Å². The van der Waals surface area contributed by atoms with E-state index >= 15 is 0 Å². The molecule has 0 heterocycles. The highest BCUT2D eigenvalue weighted by Crippen LogP contribution is 2.26. The monoisotopic (exact) mass is 556 g/mol. The number of quaternary nitrogens is 1. The lowest BCUT2D eigenvalue weighted by atomic mass is 9.89. The van der Waals surface area contributed by atoms with E-state index in [0.29, 0.717) is 20.6 Å². The summed E-state index contributed by atoms with van der Waals surface area (Å²) in [5, 5.41) is 19.8. The number of likely N-dealkylation sites (N-methyl/N-ethyl adjacent to an activating group) is 1. The third-order valence-corrected chi connectivity index (χ3v) is 8.21. The van der Waals surface area contributed by atoms with Gasteiger partial charge in [0.15, 0.2) is 11.4 Å². The van der Waals surface area contributed by atoms with Crippen molar-refractivity contribution in [2.24, 2.45) is 0 Å². The summed E-state index contributed by atoms with van der Waals surface area (Å²) in [5.41, 5.74) is -1.78. The van der Waals surface area contributed by atoms with E-state index in [2.05, 4.69) is 38.8 Å². The van der Waals surface area contributed by atoms with Gasteiger partial charge in [-0.25, -0.2) is 0 Å². The minimum absolute atomic E-state index is 0.108. The molecule has 30 heavy (non-hydrogen) atoms. The molecule has 0 saturated heterocycles. The normalized spacial score (nSPS) is 16.1. The number of hydrogen-bond acceptors (Lipinski definition) is 3. The van der Waals surface area contributed by atoms with Crippen LogP contribution in [0.25, 0.3) is 0 Å². The standard InChI is InChI=1S/C23H43Br2NO4/c1-5-6-7-11-14-19(24)20(25)15-12-9-8-10-13-16-21(27)23(30,17-22(28)29)18-26(2,3)4/h19-20,30H,5-18H2,1-4H3/p+1. The molecule has 0 aliphatic heterocycles. The van der Waals surface area contributed by atoms with Gasteiger partial charge in [0.1, 0.15) is 6.54 Å². The molecule has 0 fully saturated rings. The summed E-state index contributed by atoms with van der Waals surface area (Å²) in [6.45, 7) is 2.34. The SMILES string of the molecule is CCCCCCC(Br)C(Br)CCCCCCCC(=O)C(O)(CC(=O)O)C[N+](C)(C)C. The maximum absolute atomic E-state index is 12.5. The number of halogens is 2. The molecule has 2 N–H and O–H groups in total. The average molecular weight is 558 g/mol. The van der Waals surface area contributed by atoms with Crippen molar-refractivity contribution in [3.63, 3.8) is 0 Å². The second-order valence-corrected chi connectivity index (χ2v) is 12.0. The van der Waals surface area contributed by atoms with Gasteiger partial charge < -0.3 is 14.7 Å². The smallest absolute Gasteiger partial charge is 0.306 e. The molecule has 0 spiro atoms. The number of aliphatic hydroxyl groups is 1. The van der Waals surface area contributed by atoms with Gasteiger partial charge in [-0.15, -0.1) is 0 Å². The highest BCUT2D eigenvalue weighted by Gasteiger charge is 2.42. The van der Waals surface area contributed by atoms with Gasteiger partial charge in [-0.1, -0.05) is 90.2 Å². The van der Waals surface area contributed by atoms with E-state index in [0.717, 1.165) is 32.1 Å². The fourth-order valence-electron chi connectivity index (χ4n) is 3.79. The molecule has 7 heteroatoms. The highest BCUT2D eigenvalue weighted by molar-refractivity contribution is 9.12. The zero-order valence-corrected chi connectivity index (χ0v) is 22.6. The fourth-order valence-corrected chi connectivity index (χ4v) is 4.97. The first-order valence-corrected chi connectivity index (χ1v) is 13.3. The summed E-state index contributed by atoms with van der Waals surface area (Å²) >= 11 is 7.62. The van der Waals surface area contributed by atoms with E-state index in [4.69, 9.17) is 5.11 Å². The van der Waals surface area contributed by atoms with Crippen LogP contribution in [0.15, 0.2) is 0 Å². The molecular formula is C23H44Br2NO4+. The van der Waals surface area contributed by atoms with Crippen molar-refractivity contribution < 1.29 is 24.3 Å². The summed E-state index contributed by atoms with van der Waals surface area (Å²) < 4.78 is 0.344. The quantitative estimate of drug-likeness (QED) is 0.121. The molecule has 178 valence electrons. The Morgan fingerprint density at radius 3 is 1.80 bits per heavy atom. The molecular weight excluding hydrogens is 514 g/mol. The largest absolute Gasteiger partial charge is 0.481 e. The number of carboxylic acids is 1. The van der Waals surface area contributed by atoms with E-state index in [-0.39, 0.29) is 18.7 Å². The second kappa shape index (κ2) is 15.8. The Bertz CT molecular complexity index is 496. The first-order valence-electron chi connectivity index (χ1n) is 11.5. The molecule has 0 bridgehead atoms. The van der Waals surface area contributed by atoms with Crippen molar-refractivity contribution >= 4 is 43.6 Å². The van der Waals surface area contributed by atoms with E-state index < -0.39 is 18.0 Å². The highest BCUT2D eigenvalue weighted by atomic mass is 79.9. The van der Waals surface area contributed by atoms with E-state index in [1.54, 1.807) is 0 Å². The van der Waals surface area contributed by atoms with Gasteiger partial charge in [-0.3, -0.25) is 9.59 Å². The molecule has 5 nitrogen and oxygen atoms in total. The van der Waals surface area contributed by atoms with Crippen molar-refractivity contribution in [1.29, 1.82) is 0 Å². The lowest BCUT2D eigenvalue weighted by Gasteiger charge is -2.33. The van der Waals surface area contributed by atoms with Crippen LogP contribution in [0.2, 0.25) is 0 Å². The number of carbonyl (C=O) groups excluding carboxylic acids is 1. The molecule has 0 aliphatic carbocycles. The molecule has 0 amide bonds. The van der Waals surface area contributed by atoms with Crippen LogP contribution in [0.3, 0.4) is 0 Å². The minimum Gasteiger partial charge on any atom is -0.481 e. The number of alkyl halides is 2. The molecule has 0 aromatic carbocycles. The van der Waals surface area contributed by atoms with E-state index in [1.165, 1.54) is 32.1 Å². The topological polar surface area (TPSA) is 74.6 Å². The molecule has 0 saturated carbocycles. The first-order chi connectivity index (χ1) is 13.9. The van der Waals surface area contributed by atoms with Crippen molar-refractivity contribution in [3.8, 4) is 0 Å². The maximum atomic E-state index is 12.5. The summed E-state index contributed by atoms with van der Waals surface area (Å²) in [6.07, 6.45) is 12.2. The number of rotatable bonds is 19. The third-order valence-electron chi connectivity index (χ3n) is 5.31. The minimum atomic E-state index is -1.78. The Kier molecular flexibility index (Phi) is 15.8. The van der Waals surface area contributed by atoms with E-state index in [1.807, 2.05) is 21.1 Å². The van der Waals surface area contributed by atoms with Gasteiger partial charge in [0.2, 0.25) is 0 Å². The number of Topliss-reactive ketones (excluding diaryl/α,β-unsaturated/α-hetero) is 1. The Labute approximate surface area is 200 Å². The average Bonchev–Trinajstić information content (AvgIpc) is 2.61.